The molecule has 0 spiro atoms. The lowest BCUT2D eigenvalue weighted by Gasteiger charge is -2.07. The molecule has 0 radical (unpaired) electrons. The fourth-order valence-electron chi connectivity index (χ4n) is 2.44. The van der Waals surface area contributed by atoms with Gasteiger partial charge in [-0.25, -0.2) is 5.43 Å². The van der Waals surface area contributed by atoms with Crippen LogP contribution in [0.2, 0.25) is 5.02 Å². The lowest BCUT2D eigenvalue weighted by molar-refractivity contribution is -0.123. The Balaban J connectivity index is 1.49. The average molecular weight is 379 g/mol. The number of benzene rings is 3. The van der Waals surface area contributed by atoms with Gasteiger partial charge in [-0.15, -0.1) is 0 Å². The van der Waals surface area contributed by atoms with Crippen LogP contribution in [0.15, 0.2) is 77.9 Å². The van der Waals surface area contributed by atoms with Crippen LogP contribution in [-0.4, -0.2) is 18.7 Å². The molecule has 0 saturated heterocycles. The number of carbonyl (C=O) groups is 1. The van der Waals surface area contributed by atoms with Gasteiger partial charge in [-0.2, -0.15) is 5.10 Å². The summed E-state index contributed by atoms with van der Waals surface area (Å²) in [4.78, 5) is 11.8. The van der Waals surface area contributed by atoms with E-state index in [0.29, 0.717) is 10.8 Å². The first-order valence-corrected chi connectivity index (χ1v) is 8.85. The number of hydrogen-bond donors (Lipinski definition) is 1. The first-order valence-electron chi connectivity index (χ1n) is 8.47. The summed E-state index contributed by atoms with van der Waals surface area (Å²) in [5.74, 6) is 0.288. The first kappa shape index (κ1) is 18.7. The molecule has 5 heteroatoms. The quantitative estimate of drug-likeness (QED) is 0.492. The van der Waals surface area contributed by atoms with Crippen molar-refractivity contribution in [2.45, 2.75) is 6.92 Å². The molecule has 0 unspecified atom stereocenters. The Morgan fingerprint density at radius 1 is 1.04 bits per heavy atom. The summed E-state index contributed by atoms with van der Waals surface area (Å²) in [7, 11) is 0. The summed E-state index contributed by atoms with van der Waals surface area (Å²) in [6.07, 6.45) is 1.53. The maximum absolute atomic E-state index is 11.8. The Hall–Kier alpha value is -3.11. The molecule has 0 aliphatic heterocycles. The third-order valence-corrected chi connectivity index (χ3v) is 4.10. The van der Waals surface area contributed by atoms with Gasteiger partial charge in [0, 0.05) is 5.02 Å². The summed E-state index contributed by atoms with van der Waals surface area (Å²) in [6.45, 7) is 1.95. The van der Waals surface area contributed by atoms with E-state index < -0.39 is 0 Å². The monoisotopic (exact) mass is 378 g/mol. The first-order chi connectivity index (χ1) is 13.1. The fraction of sp³-hybridized carbons (Fsp3) is 0.0909. The second-order valence-electron chi connectivity index (χ2n) is 6.03. The highest BCUT2D eigenvalue weighted by Crippen LogP contribution is 2.22. The van der Waals surface area contributed by atoms with E-state index in [-0.39, 0.29) is 12.5 Å². The van der Waals surface area contributed by atoms with Gasteiger partial charge in [0.1, 0.15) is 5.75 Å². The zero-order chi connectivity index (χ0) is 19.1. The smallest absolute Gasteiger partial charge is 0.277 e. The van der Waals surface area contributed by atoms with Crippen LogP contribution < -0.4 is 10.2 Å². The zero-order valence-corrected chi connectivity index (χ0v) is 15.6. The van der Waals surface area contributed by atoms with Crippen molar-refractivity contribution in [2.24, 2.45) is 5.10 Å². The summed E-state index contributed by atoms with van der Waals surface area (Å²) < 4.78 is 5.49. The molecule has 0 aromatic heterocycles. The highest BCUT2D eigenvalue weighted by Gasteiger charge is 2.03. The number of nitrogens with one attached hydrogen (secondary N) is 1. The van der Waals surface area contributed by atoms with Crippen LogP contribution in [0.25, 0.3) is 11.1 Å². The SMILES string of the molecule is Cc1ccc(-c2ccc(OCC(=O)N/N=C/c3cccc(Cl)c3)cc2)cc1. The highest BCUT2D eigenvalue weighted by molar-refractivity contribution is 6.30. The number of hydrazone groups is 1. The van der Waals surface area contributed by atoms with Gasteiger partial charge in [0.05, 0.1) is 6.21 Å². The molecule has 27 heavy (non-hydrogen) atoms. The highest BCUT2D eigenvalue weighted by atomic mass is 35.5. The standard InChI is InChI=1S/C22H19ClN2O2/c1-16-5-7-18(8-6-16)19-9-11-21(12-10-19)27-15-22(26)25-24-14-17-3-2-4-20(23)13-17/h2-14H,15H2,1H3,(H,25,26)/b24-14+. The Bertz CT molecular complexity index is 935. The van der Waals surface area contributed by atoms with E-state index in [9.17, 15) is 4.79 Å². The molecule has 0 aliphatic carbocycles. The van der Waals surface area contributed by atoms with Crippen molar-refractivity contribution in [3.05, 3.63) is 88.9 Å². The average Bonchev–Trinajstić information content (AvgIpc) is 2.68. The van der Waals surface area contributed by atoms with Crippen molar-refractivity contribution in [3.63, 3.8) is 0 Å². The van der Waals surface area contributed by atoms with Gasteiger partial charge in [-0.1, -0.05) is 65.7 Å². The minimum Gasteiger partial charge on any atom is -0.484 e. The number of amides is 1. The van der Waals surface area contributed by atoms with Crippen molar-refractivity contribution < 1.29 is 9.53 Å². The van der Waals surface area contributed by atoms with E-state index in [0.717, 1.165) is 16.7 Å². The number of halogens is 1. The molecular formula is C22H19ClN2O2. The maximum Gasteiger partial charge on any atom is 0.277 e. The third kappa shape index (κ3) is 5.69. The number of nitrogens with zero attached hydrogens (tertiary/aromatic N) is 1. The van der Waals surface area contributed by atoms with Gasteiger partial charge in [0.25, 0.3) is 5.91 Å². The van der Waals surface area contributed by atoms with Crippen LogP contribution in [0.5, 0.6) is 5.75 Å². The minimum absolute atomic E-state index is 0.114. The summed E-state index contributed by atoms with van der Waals surface area (Å²) >= 11 is 5.89. The van der Waals surface area contributed by atoms with E-state index >= 15 is 0 Å². The Morgan fingerprint density at radius 3 is 2.37 bits per heavy atom. The number of carbonyl (C=O) groups excluding carboxylic acids is 1. The lowest BCUT2D eigenvalue weighted by atomic mass is 10.0. The van der Waals surface area contributed by atoms with E-state index in [1.54, 1.807) is 12.1 Å². The lowest BCUT2D eigenvalue weighted by Crippen LogP contribution is -2.24. The second-order valence-corrected chi connectivity index (χ2v) is 6.46. The molecule has 1 N–H and O–H groups in total. The van der Waals surface area contributed by atoms with Crippen molar-refractivity contribution in [2.75, 3.05) is 6.61 Å². The van der Waals surface area contributed by atoms with E-state index in [1.165, 1.54) is 11.8 Å². The molecule has 0 fully saturated rings. The van der Waals surface area contributed by atoms with Crippen molar-refractivity contribution >= 4 is 23.7 Å². The molecular weight excluding hydrogens is 360 g/mol. The van der Waals surface area contributed by atoms with Gasteiger partial charge in [0.15, 0.2) is 6.61 Å². The molecule has 3 rings (SSSR count). The minimum atomic E-state index is -0.337. The van der Waals surface area contributed by atoms with Gasteiger partial charge >= 0.3 is 0 Å². The van der Waals surface area contributed by atoms with E-state index in [2.05, 4.69) is 41.7 Å². The van der Waals surface area contributed by atoms with Crippen LogP contribution in [0, 0.1) is 6.92 Å². The van der Waals surface area contributed by atoms with Gasteiger partial charge in [-0.05, 0) is 47.9 Å². The molecule has 3 aromatic carbocycles. The molecule has 3 aromatic rings. The van der Waals surface area contributed by atoms with Crippen molar-refractivity contribution in [1.29, 1.82) is 0 Å². The van der Waals surface area contributed by atoms with E-state index in [1.807, 2.05) is 36.4 Å². The predicted octanol–water partition coefficient (Wildman–Crippen LogP) is 4.84. The van der Waals surface area contributed by atoms with Gasteiger partial charge < -0.3 is 4.74 Å². The predicted molar refractivity (Wildman–Crippen MR) is 109 cm³/mol. The molecule has 0 saturated carbocycles. The van der Waals surface area contributed by atoms with Crippen LogP contribution in [0.4, 0.5) is 0 Å². The van der Waals surface area contributed by atoms with Gasteiger partial charge in [-0.3, -0.25) is 4.79 Å². The normalized spacial score (nSPS) is 10.7. The molecule has 1 amide bonds. The summed E-state index contributed by atoms with van der Waals surface area (Å²) in [5, 5.41) is 4.51. The van der Waals surface area contributed by atoms with Crippen LogP contribution in [-0.2, 0) is 4.79 Å². The van der Waals surface area contributed by atoms with E-state index in [4.69, 9.17) is 16.3 Å². The summed E-state index contributed by atoms with van der Waals surface area (Å²) in [6, 6.07) is 23.1. The second kappa shape index (κ2) is 9.01. The number of aryl methyl sites for hydroxylation is 1. The molecule has 0 bridgehead atoms. The number of ether oxygens (including phenoxy) is 1. The fourth-order valence-corrected chi connectivity index (χ4v) is 2.64. The Kier molecular flexibility index (Phi) is 6.23. The molecule has 4 nitrogen and oxygen atoms in total. The number of hydrogen-bond acceptors (Lipinski definition) is 3. The Labute approximate surface area is 163 Å². The summed E-state index contributed by atoms with van der Waals surface area (Å²) in [5.41, 5.74) is 6.69. The maximum atomic E-state index is 11.8. The van der Waals surface area contributed by atoms with Crippen LogP contribution >= 0.6 is 11.6 Å². The third-order valence-electron chi connectivity index (χ3n) is 3.86. The molecule has 136 valence electrons. The molecule has 0 aliphatic rings. The van der Waals surface area contributed by atoms with Crippen molar-refractivity contribution in [3.8, 4) is 16.9 Å². The zero-order valence-electron chi connectivity index (χ0n) is 14.9. The number of rotatable bonds is 6. The molecule has 0 atom stereocenters. The van der Waals surface area contributed by atoms with Crippen LogP contribution in [0.3, 0.4) is 0 Å². The topological polar surface area (TPSA) is 50.7 Å². The largest absolute Gasteiger partial charge is 0.484 e. The van der Waals surface area contributed by atoms with Crippen LogP contribution in [0.1, 0.15) is 11.1 Å². The van der Waals surface area contributed by atoms with Crippen molar-refractivity contribution in [1.82, 2.24) is 5.43 Å². The Morgan fingerprint density at radius 2 is 1.70 bits per heavy atom. The van der Waals surface area contributed by atoms with Gasteiger partial charge in [0.2, 0.25) is 0 Å². The molecule has 0 heterocycles.